The second kappa shape index (κ2) is 7.18. The lowest BCUT2D eigenvalue weighted by molar-refractivity contribution is 0.0730. The molecule has 1 amide bonds. The average Bonchev–Trinajstić information content (AvgIpc) is 2.93. The van der Waals surface area contributed by atoms with Gasteiger partial charge in [0.15, 0.2) is 0 Å². The average molecular weight is 381 g/mol. The number of carbonyl (C=O) groups is 1. The van der Waals surface area contributed by atoms with Gasteiger partial charge in [0, 0.05) is 18.8 Å². The van der Waals surface area contributed by atoms with Gasteiger partial charge in [-0.25, -0.2) is 12.8 Å². The van der Waals surface area contributed by atoms with Gasteiger partial charge in [0.1, 0.15) is 16.4 Å². The molecule has 0 radical (unpaired) electrons. The number of halogens is 1. The maximum atomic E-state index is 13.7. The van der Waals surface area contributed by atoms with Gasteiger partial charge in [0.05, 0.1) is 18.9 Å². The Morgan fingerprint density at radius 1 is 1.23 bits per heavy atom. The Balaban J connectivity index is 1.93. The van der Waals surface area contributed by atoms with E-state index in [-0.39, 0.29) is 29.4 Å². The van der Waals surface area contributed by atoms with Gasteiger partial charge in [-0.3, -0.25) is 4.79 Å². The molecule has 1 aliphatic rings. The molecule has 0 bridgehead atoms. The van der Waals surface area contributed by atoms with E-state index >= 15 is 0 Å². The van der Waals surface area contributed by atoms with E-state index in [4.69, 9.17) is 4.74 Å². The molecule has 26 heavy (non-hydrogen) atoms. The minimum absolute atomic E-state index is 0.0294. The normalized spacial score (nSPS) is 15.8. The molecule has 0 atom stereocenters. The number of hydrogen-bond donors (Lipinski definition) is 2. The number of aryl methyl sites for hydroxylation is 1. The molecule has 2 heterocycles. The van der Waals surface area contributed by atoms with Crippen molar-refractivity contribution in [3.63, 3.8) is 0 Å². The summed E-state index contributed by atoms with van der Waals surface area (Å²) in [6, 6.07) is 5.78. The van der Waals surface area contributed by atoms with E-state index in [1.165, 1.54) is 22.5 Å². The molecule has 0 unspecified atom stereocenters. The maximum absolute atomic E-state index is 13.7. The molecule has 1 aromatic heterocycles. The number of benzene rings is 1. The lowest BCUT2D eigenvalue weighted by atomic mass is 10.2. The van der Waals surface area contributed by atoms with Crippen molar-refractivity contribution in [2.75, 3.05) is 31.6 Å². The minimum atomic E-state index is -3.75. The molecule has 2 aromatic rings. The summed E-state index contributed by atoms with van der Waals surface area (Å²) < 4.78 is 46.2. The van der Waals surface area contributed by atoms with Crippen LogP contribution in [-0.2, 0) is 14.8 Å². The van der Waals surface area contributed by atoms with Gasteiger partial charge in [-0.15, -0.1) is 0 Å². The highest BCUT2D eigenvalue weighted by molar-refractivity contribution is 7.89. The van der Waals surface area contributed by atoms with Crippen molar-refractivity contribution in [1.82, 2.24) is 9.29 Å². The molecule has 140 valence electrons. The number of carbonyl (C=O) groups excluding carboxylic acids is 1. The number of hydrogen-bond acceptors (Lipinski definition) is 4. The second-order valence-corrected chi connectivity index (χ2v) is 7.90. The summed E-state index contributed by atoms with van der Waals surface area (Å²) >= 11 is 0. The third-order valence-corrected chi connectivity index (χ3v) is 6.46. The highest BCUT2D eigenvalue weighted by Crippen LogP contribution is 2.27. The Hall–Kier alpha value is -2.23. The first-order valence-corrected chi connectivity index (χ1v) is 9.59. The molecule has 1 saturated heterocycles. The number of morpholine rings is 1. The van der Waals surface area contributed by atoms with Crippen LogP contribution in [0.5, 0.6) is 0 Å². The highest BCUT2D eigenvalue weighted by atomic mass is 32.2. The van der Waals surface area contributed by atoms with Gasteiger partial charge >= 0.3 is 0 Å². The van der Waals surface area contributed by atoms with E-state index in [0.717, 1.165) is 0 Å². The fourth-order valence-corrected chi connectivity index (χ4v) is 4.83. The summed E-state index contributed by atoms with van der Waals surface area (Å²) in [7, 11) is -3.75. The molecule has 7 nitrogen and oxygen atoms in total. The molecular weight excluding hydrogens is 361 g/mol. The molecular formula is C17H20FN3O4S. The van der Waals surface area contributed by atoms with Crippen molar-refractivity contribution in [2.24, 2.45) is 0 Å². The maximum Gasteiger partial charge on any atom is 0.272 e. The zero-order valence-corrected chi connectivity index (χ0v) is 15.3. The van der Waals surface area contributed by atoms with Gasteiger partial charge in [0.2, 0.25) is 10.0 Å². The van der Waals surface area contributed by atoms with Crippen molar-refractivity contribution in [2.45, 2.75) is 18.7 Å². The van der Waals surface area contributed by atoms with Crippen LogP contribution in [0.25, 0.3) is 0 Å². The Morgan fingerprint density at radius 3 is 2.54 bits per heavy atom. The van der Waals surface area contributed by atoms with E-state index in [1.54, 1.807) is 19.9 Å². The monoisotopic (exact) mass is 381 g/mol. The molecule has 1 fully saturated rings. The van der Waals surface area contributed by atoms with Crippen molar-refractivity contribution < 1.29 is 22.3 Å². The van der Waals surface area contributed by atoms with Crippen LogP contribution < -0.4 is 5.32 Å². The van der Waals surface area contributed by atoms with E-state index in [2.05, 4.69) is 10.3 Å². The quantitative estimate of drug-likeness (QED) is 0.848. The van der Waals surface area contributed by atoms with Gasteiger partial charge in [-0.1, -0.05) is 12.1 Å². The van der Waals surface area contributed by atoms with Crippen molar-refractivity contribution >= 4 is 21.6 Å². The lowest BCUT2D eigenvalue weighted by Crippen LogP contribution is -2.40. The van der Waals surface area contributed by atoms with Gasteiger partial charge < -0.3 is 15.0 Å². The van der Waals surface area contributed by atoms with Crippen LogP contribution in [0.2, 0.25) is 0 Å². The SMILES string of the molecule is Cc1[nH]c(C(=O)Nc2ccccc2F)c(C)c1S(=O)(=O)N1CCOCC1. The van der Waals surface area contributed by atoms with Crippen LogP contribution in [0, 0.1) is 19.7 Å². The Labute approximate surface area is 151 Å². The molecule has 0 spiro atoms. The van der Waals surface area contributed by atoms with E-state index in [1.807, 2.05) is 0 Å². The fraction of sp³-hybridized carbons (Fsp3) is 0.353. The number of sulfonamides is 1. The number of aromatic amines is 1. The van der Waals surface area contributed by atoms with Crippen molar-refractivity contribution in [3.05, 3.63) is 47.0 Å². The highest BCUT2D eigenvalue weighted by Gasteiger charge is 2.32. The minimum Gasteiger partial charge on any atom is -0.379 e. The number of H-pyrrole nitrogens is 1. The number of para-hydroxylation sites is 1. The van der Waals surface area contributed by atoms with Crippen molar-refractivity contribution in [1.29, 1.82) is 0 Å². The van der Waals surface area contributed by atoms with Crippen LogP contribution in [0.15, 0.2) is 29.2 Å². The third kappa shape index (κ3) is 3.37. The second-order valence-electron chi connectivity index (χ2n) is 6.03. The molecule has 2 N–H and O–H groups in total. The Bertz CT molecular complexity index is 933. The summed E-state index contributed by atoms with van der Waals surface area (Å²) in [5, 5.41) is 2.47. The number of ether oxygens (including phenoxy) is 1. The molecule has 0 saturated carbocycles. The first-order valence-electron chi connectivity index (χ1n) is 8.15. The smallest absolute Gasteiger partial charge is 0.272 e. The van der Waals surface area contributed by atoms with Gasteiger partial charge in [-0.2, -0.15) is 4.31 Å². The van der Waals surface area contributed by atoms with Gasteiger partial charge in [0.25, 0.3) is 5.91 Å². The number of aromatic nitrogens is 1. The standard InChI is InChI=1S/C17H20FN3O4S/c1-11-15(17(22)20-14-6-4-3-5-13(14)18)19-12(2)16(11)26(23,24)21-7-9-25-10-8-21/h3-6,19H,7-10H2,1-2H3,(H,20,22). The predicted octanol–water partition coefficient (Wildman–Crippen LogP) is 2.04. The molecule has 0 aliphatic carbocycles. The number of nitrogens with one attached hydrogen (secondary N) is 2. The first-order chi connectivity index (χ1) is 12.3. The molecule has 3 rings (SSSR count). The van der Waals surface area contributed by atoms with Crippen LogP contribution in [0.4, 0.5) is 10.1 Å². The summed E-state index contributed by atoms with van der Waals surface area (Å²) in [5.74, 6) is -1.16. The lowest BCUT2D eigenvalue weighted by Gasteiger charge is -2.26. The van der Waals surface area contributed by atoms with Crippen LogP contribution >= 0.6 is 0 Å². The summed E-state index contributed by atoms with van der Waals surface area (Å²) in [6.45, 7) is 4.37. The summed E-state index contributed by atoms with van der Waals surface area (Å²) in [4.78, 5) is 15.4. The van der Waals surface area contributed by atoms with Gasteiger partial charge in [-0.05, 0) is 31.5 Å². The Kier molecular flexibility index (Phi) is 5.12. The number of nitrogens with zero attached hydrogens (tertiary/aromatic N) is 1. The summed E-state index contributed by atoms with van der Waals surface area (Å²) in [5.41, 5.74) is 0.801. The number of anilines is 1. The fourth-order valence-electron chi connectivity index (χ4n) is 3.01. The molecule has 1 aliphatic heterocycles. The predicted molar refractivity (Wildman–Crippen MR) is 94.2 cm³/mol. The zero-order chi connectivity index (χ0) is 18.9. The van der Waals surface area contributed by atoms with E-state index in [9.17, 15) is 17.6 Å². The van der Waals surface area contributed by atoms with E-state index < -0.39 is 21.7 Å². The Morgan fingerprint density at radius 2 is 1.88 bits per heavy atom. The topological polar surface area (TPSA) is 91.5 Å². The molecule has 9 heteroatoms. The van der Waals surface area contributed by atoms with Crippen molar-refractivity contribution in [3.8, 4) is 0 Å². The van der Waals surface area contributed by atoms with E-state index in [0.29, 0.717) is 24.5 Å². The first kappa shape index (κ1) is 18.6. The largest absolute Gasteiger partial charge is 0.379 e. The van der Waals surface area contributed by atoms with Crippen LogP contribution in [0.1, 0.15) is 21.7 Å². The third-order valence-electron chi connectivity index (χ3n) is 4.29. The zero-order valence-electron chi connectivity index (χ0n) is 14.5. The van der Waals surface area contributed by atoms with Crippen LogP contribution in [-0.4, -0.2) is 49.9 Å². The number of amides is 1. The number of rotatable bonds is 4. The van der Waals surface area contributed by atoms with Crippen LogP contribution in [0.3, 0.4) is 0 Å². The molecule has 1 aromatic carbocycles. The summed E-state index contributed by atoms with van der Waals surface area (Å²) in [6.07, 6.45) is 0.